The molecule has 1 saturated carbocycles. The van der Waals surface area contributed by atoms with Gasteiger partial charge in [-0.1, -0.05) is 23.4 Å². The van der Waals surface area contributed by atoms with Crippen molar-refractivity contribution in [3.8, 4) is 5.69 Å². The van der Waals surface area contributed by atoms with Crippen molar-refractivity contribution >= 4 is 35.1 Å². The molecular weight excluding hydrogens is 458 g/mol. The molecule has 1 aromatic carbocycles. The number of ether oxygens (including phenoxy) is 1. The van der Waals surface area contributed by atoms with E-state index < -0.39 is 0 Å². The highest BCUT2D eigenvalue weighted by Gasteiger charge is 2.33. The zero-order valence-corrected chi connectivity index (χ0v) is 20.7. The number of halogens is 1. The highest BCUT2D eigenvalue weighted by molar-refractivity contribution is 8.00. The van der Waals surface area contributed by atoms with Gasteiger partial charge in [-0.05, 0) is 63.9 Å². The van der Waals surface area contributed by atoms with E-state index in [0.717, 1.165) is 59.7 Å². The summed E-state index contributed by atoms with van der Waals surface area (Å²) < 4.78 is 9.83. The number of hydrogen-bond acceptors (Lipinski definition) is 6. The van der Waals surface area contributed by atoms with Crippen LogP contribution in [0.15, 0.2) is 35.5 Å². The second-order valence-corrected chi connectivity index (χ2v) is 10.4. The second kappa shape index (κ2) is 9.16. The van der Waals surface area contributed by atoms with E-state index in [-0.39, 0.29) is 11.0 Å². The molecule has 1 saturated heterocycles. The molecule has 0 amide bonds. The van der Waals surface area contributed by atoms with E-state index in [2.05, 4.69) is 24.2 Å². The van der Waals surface area contributed by atoms with Gasteiger partial charge in [0.1, 0.15) is 0 Å². The van der Waals surface area contributed by atoms with E-state index in [1.807, 2.05) is 51.1 Å². The fourth-order valence-corrected chi connectivity index (χ4v) is 5.52. The van der Waals surface area contributed by atoms with Gasteiger partial charge in [0.05, 0.1) is 18.5 Å². The van der Waals surface area contributed by atoms with Crippen molar-refractivity contribution in [2.75, 3.05) is 31.2 Å². The molecule has 2 aromatic heterocycles. The zero-order valence-electron chi connectivity index (χ0n) is 19.1. The first-order valence-corrected chi connectivity index (χ1v) is 12.6. The molecule has 3 heterocycles. The molecule has 0 spiro atoms. The van der Waals surface area contributed by atoms with Gasteiger partial charge in [0.25, 0.3) is 0 Å². The van der Waals surface area contributed by atoms with E-state index in [1.165, 1.54) is 11.8 Å². The Bertz CT molecular complexity index is 1160. The molecule has 1 atom stereocenters. The van der Waals surface area contributed by atoms with E-state index >= 15 is 0 Å². The maximum atomic E-state index is 13.5. The van der Waals surface area contributed by atoms with Crippen molar-refractivity contribution in [1.29, 1.82) is 0 Å². The van der Waals surface area contributed by atoms with Crippen LogP contribution in [-0.2, 0) is 4.74 Å². The van der Waals surface area contributed by atoms with E-state index in [4.69, 9.17) is 16.3 Å². The number of benzene rings is 1. The number of carbonyl (C=O) groups is 1. The van der Waals surface area contributed by atoms with Gasteiger partial charge in [0, 0.05) is 46.8 Å². The number of anilines is 1. The van der Waals surface area contributed by atoms with Crippen molar-refractivity contribution in [3.05, 3.63) is 52.3 Å². The molecule has 0 radical (unpaired) electrons. The van der Waals surface area contributed by atoms with Crippen LogP contribution < -0.4 is 4.90 Å². The van der Waals surface area contributed by atoms with Crippen LogP contribution in [0.1, 0.15) is 47.6 Å². The number of carbonyl (C=O) groups excluding carboxylic acids is 1. The number of nitrogens with zero attached hydrogens (tertiary/aromatic N) is 5. The summed E-state index contributed by atoms with van der Waals surface area (Å²) in [5.41, 5.74) is 3.70. The third kappa shape index (κ3) is 4.44. The number of aryl methyl sites for hydroxylation is 1. The van der Waals surface area contributed by atoms with E-state index in [9.17, 15) is 4.79 Å². The lowest BCUT2D eigenvalue weighted by molar-refractivity contribution is 0.0993. The van der Waals surface area contributed by atoms with Crippen molar-refractivity contribution in [2.45, 2.75) is 50.1 Å². The number of thioether (sulfide) groups is 1. The Labute approximate surface area is 203 Å². The average molecular weight is 486 g/mol. The molecule has 0 bridgehead atoms. The highest BCUT2D eigenvalue weighted by atomic mass is 35.5. The molecule has 1 unspecified atom stereocenters. The van der Waals surface area contributed by atoms with Crippen molar-refractivity contribution in [1.82, 2.24) is 19.3 Å². The van der Waals surface area contributed by atoms with Crippen LogP contribution in [0.5, 0.6) is 0 Å². The summed E-state index contributed by atoms with van der Waals surface area (Å²) in [6.45, 7) is 9.03. The fourth-order valence-electron chi connectivity index (χ4n) is 4.41. The summed E-state index contributed by atoms with van der Waals surface area (Å²) in [6.07, 6.45) is 2.26. The lowest BCUT2D eigenvalue weighted by Gasteiger charge is -2.28. The van der Waals surface area contributed by atoms with Gasteiger partial charge in [-0.25, -0.2) is 0 Å². The first kappa shape index (κ1) is 22.5. The molecule has 1 aliphatic heterocycles. The van der Waals surface area contributed by atoms with Crippen LogP contribution in [-0.4, -0.2) is 56.7 Å². The van der Waals surface area contributed by atoms with Gasteiger partial charge < -0.3 is 14.2 Å². The first-order chi connectivity index (χ1) is 15.9. The largest absolute Gasteiger partial charge is 0.378 e. The minimum atomic E-state index is -0.275. The number of morpholine rings is 1. The molecular formula is C24H28ClN5O2S. The van der Waals surface area contributed by atoms with Gasteiger partial charge in [-0.2, -0.15) is 0 Å². The summed E-state index contributed by atoms with van der Waals surface area (Å²) in [6, 6.07) is 10.1. The molecule has 2 aliphatic rings. The second-order valence-electron chi connectivity index (χ2n) is 8.70. The molecule has 0 N–H and O–H groups in total. The van der Waals surface area contributed by atoms with Crippen LogP contribution in [0.3, 0.4) is 0 Å². The Kier molecular flexibility index (Phi) is 6.24. The van der Waals surface area contributed by atoms with Gasteiger partial charge >= 0.3 is 0 Å². The van der Waals surface area contributed by atoms with E-state index in [1.54, 1.807) is 0 Å². The van der Waals surface area contributed by atoms with Gasteiger partial charge in [0.15, 0.2) is 10.9 Å². The molecule has 174 valence electrons. The average Bonchev–Trinajstić information content (AvgIpc) is 3.51. The van der Waals surface area contributed by atoms with Crippen molar-refractivity contribution in [2.24, 2.45) is 0 Å². The highest BCUT2D eigenvalue weighted by Crippen LogP contribution is 2.42. The van der Waals surface area contributed by atoms with E-state index in [0.29, 0.717) is 24.3 Å². The third-order valence-corrected chi connectivity index (χ3v) is 7.59. The zero-order chi connectivity index (χ0) is 23.1. The normalized spacial score (nSPS) is 17.4. The number of hydrogen-bond donors (Lipinski definition) is 0. The smallest absolute Gasteiger partial charge is 0.228 e. The summed E-state index contributed by atoms with van der Waals surface area (Å²) in [5.74, 6) is 1.01. The molecule has 33 heavy (non-hydrogen) atoms. The standard InChI is InChI=1S/C24H28ClN5O2S/c1-15-14-21(16(2)29(15)19-6-4-18(25)5-7-19)22(31)17(3)33-24-27-26-23(30(24)20-8-9-20)28-10-12-32-13-11-28/h4-7,14,17,20H,8-13H2,1-3H3. The van der Waals surface area contributed by atoms with Gasteiger partial charge in [-0.15, -0.1) is 10.2 Å². The van der Waals surface area contributed by atoms with Crippen molar-refractivity contribution < 1.29 is 9.53 Å². The SMILES string of the molecule is Cc1cc(C(=O)C(C)Sc2nnc(N3CCOCC3)n2C2CC2)c(C)n1-c1ccc(Cl)cc1. The fraction of sp³-hybridized carbons (Fsp3) is 0.458. The van der Waals surface area contributed by atoms with Crippen LogP contribution in [0, 0.1) is 13.8 Å². The van der Waals surface area contributed by atoms with Crippen LogP contribution >= 0.6 is 23.4 Å². The Morgan fingerprint density at radius 3 is 2.52 bits per heavy atom. The number of ketones is 1. The third-order valence-electron chi connectivity index (χ3n) is 6.29. The van der Waals surface area contributed by atoms with Crippen LogP contribution in [0.4, 0.5) is 5.95 Å². The maximum Gasteiger partial charge on any atom is 0.228 e. The Morgan fingerprint density at radius 2 is 1.85 bits per heavy atom. The monoisotopic (exact) mass is 485 g/mol. The number of Topliss-reactive ketones (excluding diaryl/α,β-unsaturated/α-hetero) is 1. The topological polar surface area (TPSA) is 65.2 Å². The molecule has 5 rings (SSSR count). The number of aromatic nitrogens is 4. The predicted octanol–water partition coefficient (Wildman–Crippen LogP) is 4.87. The Morgan fingerprint density at radius 1 is 1.15 bits per heavy atom. The Hall–Kier alpha value is -2.29. The molecule has 9 heteroatoms. The number of rotatable bonds is 7. The van der Waals surface area contributed by atoms with Crippen molar-refractivity contribution in [3.63, 3.8) is 0 Å². The quantitative estimate of drug-likeness (QED) is 0.351. The molecule has 3 aromatic rings. The predicted molar refractivity (Wildman–Crippen MR) is 131 cm³/mol. The summed E-state index contributed by atoms with van der Waals surface area (Å²) in [5, 5.41) is 10.2. The summed E-state index contributed by atoms with van der Waals surface area (Å²) in [4.78, 5) is 15.7. The molecule has 2 fully saturated rings. The minimum absolute atomic E-state index is 0.103. The first-order valence-electron chi connectivity index (χ1n) is 11.4. The Balaban J connectivity index is 1.38. The van der Waals surface area contributed by atoms with Crippen LogP contribution in [0.2, 0.25) is 5.02 Å². The van der Waals surface area contributed by atoms with Gasteiger partial charge in [-0.3, -0.25) is 9.36 Å². The minimum Gasteiger partial charge on any atom is -0.378 e. The molecule has 1 aliphatic carbocycles. The maximum absolute atomic E-state index is 13.5. The summed E-state index contributed by atoms with van der Waals surface area (Å²) >= 11 is 7.56. The van der Waals surface area contributed by atoms with Gasteiger partial charge in [0.2, 0.25) is 5.95 Å². The lowest BCUT2D eigenvalue weighted by atomic mass is 10.1. The lowest BCUT2D eigenvalue weighted by Crippen LogP contribution is -2.38. The molecule has 7 nitrogen and oxygen atoms in total. The summed E-state index contributed by atoms with van der Waals surface area (Å²) in [7, 11) is 0. The van der Waals surface area contributed by atoms with Crippen LogP contribution in [0.25, 0.3) is 5.69 Å².